The number of halogens is 2. The highest BCUT2D eigenvalue weighted by atomic mass is 35.5. The zero-order valence-electron chi connectivity index (χ0n) is 7.17. The standard InChI is InChI=1S/C9H12FN.ClH/c1-7(11-2)8-3-5-9(10)6-4-8;/h3-7,11H,1-2H3;1H/t7-;/m1./s1. The van der Waals surface area contributed by atoms with Crippen LogP contribution in [0.4, 0.5) is 4.39 Å². The lowest BCUT2D eigenvalue weighted by molar-refractivity contribution is 0.619. The first kappa shape index (κ1) is 11.4. The number of rotatable bonds is 2. The van der Waals surface area contributed by atoms with Crippen LogP contribution >= 0.6 is 12.4 Å². The van der Waals surface area contributed by atoms with Crippen molar-refractivity contribution in [3.05, 3.63) is 35.6 Å². The molecule has 0 aliphatic carbocycles. The average molecular weight is 190 g/mol. The van der Waals surface area contributed by atoms with Gasteiger partial charge in [0.05, 0.1) is 0 Å². The highest BCUT2D eigenvalue weighted by Crippen LogP contribution is 2.11. The summed E-state index contributed by atoms with van der Waals surface area (Å²) in [5, 5.41) is 3.08. The summed E-state index contributed by atoms with van der Waals surface area (Å²) < 4.78 is 12.4. The Labute approximate surface area is 78.4 Å². The fraction of sp³-hybridized carbons (Fsp3) is 0.333. The van der Waals surface area contributed by atoms with Crippen molar-refractivity contribution < 1.29 is 4.39 Å². The Bertz CT molecular complexity index is 222. The van der Waals surface area contributed by atoms with Gasteiger partial charge in [-0.2, -0.15) is 0 Å². The van der Waals surface area contributed by atoms with Crippen LogP contribution < -0.4 is 5.32 Å². The van der Waals surface area contributed by atoms with Gasteiger partial charge < -0.3 is 5.32 Å². The zero-order chi connectivity index (χ0) is 8.27. The normalized spacial score (nSPS) is 11.9. The molecule has 0 bridgehead atoms. The van der Waals surface area contributed by atoms with E-state index in [0.29, 0.717) is 0 Å². The smallest absolute Gasteiger partial charge is 0.123 e. The van der Waals surface area contributed by atoms with Gasteiger partial charge in [-0.1, -0.05) is 12.1 Å². The number of hydrogen-bond acceptors (Lipinski definition) is 1. The van der Waals surface area contributed by atoms with Crippen LogP contribution in [0.25, 0.3) is 0 Å². The molecule has 1 atom stereocenters. The van der Waals surface area contributed by atoms with Crippen molar-refractivity contribution >= 4 is 12.4 Å². The SMILES string of the molecule is CN[C@H](C)c1ccc(F)cc1.Cl. The van der Waals surface area contributed by atoms with E-state index in [2.05, 4.69) is 5.32 Å². The van der Waals surface area contributed by atoms with Crippen LogP contribution in [0.15, 0.2) is 24.3 Å². The van der Waals surface area contributed by atoms with Crippen LogP contribution in [0, 0.1) is 5.82 Å². The van der Waals surface area contributed by atoms with Gasteiger partial charge in [-0.25, -0.2) is 4.39 Å². The molecule has 0 aliphatic rings. The summed E-state index contributed by atoms with van der Waals surface area (Å²) in [5.74, 6) is -0.183. The second kappa shape index (κ2) is 5.12. The summed E-state index contributed by atoms with van der Waals surface area (Å²) >= 11 is 0. The summed E-state index contributed by atoms with van der Waals surface area (Å²) in [6, 6.07) is 6.81. The molecule has 1 nitrogen and oxygen atoms in total. The number of benzene rings is 1. The number of hydrogen-bond donors (Lipinski definition) is 1. The van der Waals surface area contributed by atoms with E-state index in [1.54, 1.807) is 12.1 Å². The molecule has 12 heavy (non-hydrogen) atoms. The molecule has 0 saturated heterocycles. The molecule has 0 unspecified atom stereocenters. The minimum atomic E-state index is -0.183. The highest BCUT2D eigenvalue weighted by molar-refractivity contribution is 5.85. The molecule has 0 fully saturated rings. The lowest BCUT2D eigenvalue weighted by Crippen LogP contribution is -2.11. The van der Waals surface area contributed by atoms with Crippen LogP contribution in [0.2, 0.25) is 0 Å². The Kier molecular flexibility index (Phi) is 4.86. The predicted octanol–water partition coefficient (Wildman–Crippen LogP) is 2.53. The van der Waals surface area contributed by atoms with E-state index in [1.165, 1.54) is 12.1 Å². The van der Waals surface area contributed by atoms with Gasteiger partial charge in [-0.05, 0) is 31.7 Å². The molecule has 0 radical (unpaired) electrons. The Morgan fingerprint density at radius 3 is 2.17 bits per heavy atom. The second-order valence-electron chi connectivity index (χ2n) is 2.56. The van der Waals surface area contributed by atoms with Crippen LogP contribution in [0.1, 0.15) is 18.5 Å². The molecule has 0 saturated carbocycles. The fourth-order valence-corrected chi connectivity index (χ4v) is 0.918. The van der Waals surface area contributed by atoms with E-state index in [1.807, 2.05) is 14.0 Å². The molecule has 1 rings (SSSR count). The molecule has 0 aromatic heterocycles. The summed E-state index contributed by atoms with van der Waals surface area (Å²) in [4.78, 5) is 0. The third-order valence-electron chi connectivity index (χ3n) is 1.80. The molecule has 0 heterocycles. The van der Waals surface area contributed by atoms with Crippen molar-refractivity contribution in [2.24, 2.45) is 0 Å². The van der Waals surface area contributed by atoms with E-state index in [4.69, 9.17) is 0 Å². The lowest BCUT2D eigenvalue weighted by Gasteiger charge is -2.09. The summed E-state index contributed by atoms with van der Waals surface area (Å²) in [5.41, 5.74) is 1.11. The fourth-order valence-electron chi connectivity index (χ4n) is 0.918. The first-order valence-electron chi connectivity index (χ1n) is 3.67. The molecule has 0 spiro atoms. The van der Waals surface area contributed by atoms with Gasteiger partial charge >= 0.3 is 0 Å². The van der Waals surface area contributed by atoms with Crippen LogP contribution in [0.3, 0.4) is 0 Å². The summed E-state index contributed by atoms with van der Waals surface area (Å²) in [6.45, 7) is 2.03. The van der Waals surface area contributed by atoms with E-state index in [-0.39, 0.29) is 24.3 Å². The second-order valence-corrected chi connectivity index (χ2v) is 2.56. The van der Waals surface area contributed by atoms with Crippen LogP contribution in [0.5, 0.6) is 0 Å². The molecule has 1 aromatic carbocycles. The molecule has 1 N–H and O–H groups in total. The van der Waals surface area contributed by atoms with Crippen molar-refractivity contribution in [2.75, 3.05) is 7.05 Å². The Morgan fingerprint density at radius 2 is 1.75 bits per heavy atom. The third kappa shape index (κ3) is 2.80. The maximum absolute atomic E-state index is 12.4. The first-order valence-corrected chi connectivity index (χ1v) is 3.67. The molecule has 3 heteroatoms. The van der Waals surface area contributed by atoms with Crippen LogP contribution in [-0.4, -0.2) is 7.05 Å². The van der Waals surface area contributed by atoms with Crippen molar-refractivity contribution in [3.63, 3.8) is 0 Å². The first-order chi connectivity index (χ1) is 5.24. The lowest BCUT2D eigenvalue weighted by atomic mass is 10.1. The summed E-state index contributed by atoms with van der Waals surface area (Å²) in [6.07, 6.45) is 0. The summed E-state index contributed by atoms with van der Waals surface area (Å²) in [7, 11) is 1.88. The Hall–Kier alpha value is -0.600. The van der Waals surface area contributed by atoms with Gasteiger partial charge in [-0.3, -0.25) is 0 Å². The van der Waals surface area contributed by atoms with Crippen molar-refractivity contribution in [2.45, 2.75) is 13.0 Å². The molecular formula is C9H13ClFN. The van der Waals surface area contributed by atoms with E-state index < -0.39 is 0 Å². The van der Waals surface area contributed by atoms with Gasteiger partial charge in [0, 0.05) is 6.04 Å². The number of nitrogens with one attached hydrogen (secondary N) is 1. The van der Waals surface area contributed by atoms with Crippen molar-refractivity contribution in [1.82, 2.24) is 5.32 Å². The minimum Gasteiger partial charge on any atom is -0.313 e. The molecule has 0 aliphatic heterocycles. The minimum absolute atomic E-state index is 0. The molecule has 68 valence electrons. The maximum Gasteiger partial charge on any atom is 0.123 e. The van der Waals surface area contributed by atoms with Crippen molar-refractivity contribution in [1.29, 1.82) is 0 Å². The zero-order valence-corrected chi connectivity index (χ0v) is 7.99. The van der Waals surface area contributed by atoms with Gasteiger partial charge in [0.1, 0.15) is 5.82 Å². The van der Waals surface area contributed by atoms with E-state index in [9.17, 15) is 4.39 Å². The van der Waals surface area contributed by atoms with Gasteiger partial charge in [0.15, 0.2) is 0 Å². The maximum atomic E-state index is 12.4. The monoisotopic (exact) mass is 189 g/mol. The van der Waals surface area contributed by atoms with Crippen molar-refractivity contribution in [3.8, 4) is 0 Å². The third-order valence-corrected chi connectivity index (χ3v) is 1.80. The average Bonchev–Trinajstić information content (AvgIpc) is 2.05. The van der Waals surface area contributed by atoms with E-state index in [0.717, 1.165) is 5.56 Å². The highest BCUT2D eigenvalue weighted by Gasteiger charge is 2.00. The molecule has 0 amide bonds. The largest absolute Gasteiger partial charge is 0.313 e. The Balaban J connectivity index is 0.00000121. The van der Waals surface area contributed by atoms with Gasteiger partial charge in [0.25, 0.3) is 0 Å². The molecule has 1 aromatic rings. The Morgan fingerprint density at radius 1 is 1.25 bits per heavy atom. The quantitative estimate of drug-likeness (QED) is 0.754. The van der Waals surface area contributed by atoms with Crippen LogP contribution in [-0.2, 0) is 0 Å². The van der Waals surface area contributed by atoms with Gasteiger partial charge in [-0.15, -0.1) is 12.4 Å². The van der Waals surface area contributed by atoms with E-state index >= 15 is 0 Å². The predicted molar refractivity (Wildman–Crippen MR) is 51.1 cm³/mol. The molecular weight excluding hydrogens is 177 g/mol. The topological polar surface area (TPSA) is 12.0 Å². The van der Waals surface area contributed by atoms with Gasteiger partial charge in [0.2, 0.25) is 0 Å².